The quantitative estimate of drug-likeness (QED) is 0.832. The zero-order valence-electron chi connectivity index (χ0n) is 15.6. The van der Waals surface area contributed by atoms with Crippen molar-refractivity contribution in [1.82, 2.24) is 9.80 Å². The minimum absolute atomic E-state index is 0.0118. The number of amides is 2. The van der Waals surface area contributed by atoms with E-state index in [1.165, 1.54) is 12.1 Å². The largest absolute Gasteiger partial charge is 0.481 e. The van der Waals surface area contributed by atoms with Crippen molar-refractivity contribution in [2.75, 3.05) is 32.8 Å². The van der Waals surface area contributed by atoms with Gasteiger partial charge in [-0.1, -0.05) is 29.8 Å². The molecule has 1 saturated heterocycles. The molecule has 1 aliphatic rings. The molecule has 1 aliphatic heterocycles. The van der Waals surface area contributed by atoms with E-state index in [1.54, 1.807) is 21.9 Å². The molecule has 2 aromatic rings. The van der Waals surface area contributed by atoms with Gasteiger partial charge >= 0.3 is 0 Å². The van der Waals surface area contributed by atoms with Crippen LogP contribution >= 0.6 is 0 Å². The standard InChI is InChI=1S/C21H23FN2O3/c1-15-7-8-17(16(2)13-15)21(26)24-11-9-23(10-12-24)20(25)14-27-19-6-4-3-5-18(19)22/h3-8,13H,9-12,14H2,1-2H3. The molecule has 2 amide bonds. The van der Waals surface area contributed by atoms with Crippen LogP contribution in [0.25, 0.3) is 0 Å². The van der Waals surface area contributed by atoms with E-state index in [1.807, 2.05) is 32.0 Å². The third-order valence-corrected chi connectivity index (χ3v) is 4.72. The van der Waals surface area contributed by atoms with E-state index >= 15 is 0 Å². The molecule has 3 rings (SSSR count). The number of ether oxygens (including phenoxy) is 1. The average Bonchev–Trinajstić information content (AvgIpc) is 2.67. The maximum absolute atomic E-state index is 13.5. The minimum atomic E-state index is -0.491. The Morgan fingerprint density at radius 1 is 1.00 bits per heavy atom. The van der Waals surface area contributed by atoms with E-state index in [4.69, 9.17) is 4.74 Å². The number of para-hydroxylation sites is 1. The number of rotatable bonds is 4. The summed E-state index contributed by atoms with van der Waals surface area (Å²) in [7, 11) is 0. The van der Waals surface area contributed by atoms with Crippen molar-refractivity contribution in [2.45, 2.75) is 13.8 Å². The fourth-order valence-corrected chi connectivity index (χ4v) is 3.18. The Morgan fingerprint density at radius 2 is 1.67 bits per heavy atom. The van der Waals surface area contributed by atoms with Crippen LogP contribution in [0.1, 0.15) is 21.5 Å². The first kappa shape index (κ1) is 18.9. The summed E-state index contributed by atoms with van der Waals surface area (Å²) in [5.74, 6) is -0.650. The lowest BCUT2D eigenvalue weighted by Crippen LogP contribution is -2.51. The highest BCUT2D eigenvalue weighted by Gasteiger charge is 2.25. The van der Waals surface area contributed by atoms with Crippen LogP contribution in [0.4, 0.5) is 4.39 Å². The van der Waals surface area contributed by atoms with Crippen molar-refractivity contribution in [2.24, 2.45) is 0 Å². The number of benzene rings is 2. The highest BCUT2D eigenvalue weighted by atomic mass is 19.1. The number of hydrogen-bond donors (Lipinski definition) is 0. The summed E-state index contributed by atoms with van der Waals surface area (Å²) >= 11 is 0. The van der Waals surface area contributed by atoms with E-state index in [2.05, 4.69) is 0 Å². The third kappa shape index (κ3) is 4.45. The van der Waals surface area contributed by atoms with E-state index < -0.39 is 5.82 Å². The Balaban J connectivity index is 1.53. The molecule has 6 heteroatoms. The molecule has 0 atom stereocenters. The highest BCUT2D eigenvalue weighted by Crippen LogP contribution is 2.17. The van der Waals surface area contributed by atoms with Crippen molar-refractivity contribution in [1.29, 1.82) is 0 Å². The van der Waals surface area contributed by atoms with Crippen LogP contribution < -0.4 is 4.74 Å². The lowest BCUT2D eigenvalue weighted by atomic mass is 10.0. The molecule has 0 radical (unpaired) electrons. The molecule has 27 heavy (non-hydrogen) atoms. The predicted octanol–water partition coefficient (Wildman–Crippen LogP) is 2.81. The maximum atomic E-state index is 13.5. The van der Waals surface area contributed by atoms with Gasteiger partial charge in [0, 0.05) is 31.7 Å². The monoisotopic (exact) mass is 370 g/mol. The summed E-state index contributed by atoms with van der Waals surface area (Å²) in [6.45, 7) is 5.53. The second-order valence-corrected chi connectivity index (χ2v) is 6.71. The van der Waals surface area contributed by atoms with Gasteiger partial charge in [-0.2, -0.15) is 0 Å². The predicted molar refractivity (Wildman–Crippen MR) is 100 cm³/mol. The van der Waals surface area contributed by atoms with Crippen LogP contribution in [-0.2, 0) is 4.79 Å². The first-order chi connectivity index (χ1) is 13.0. The average molecular weight is 370 g/mol. The van der Waals surface area contributed by atoms with E-state index in [0.717, 1.165) is 11.1 Å². The Kier molecular flexibility index (Phi) is 5.74. The Morgan fingerprint density at radius 3 is 2.33 bits per heavy atom. The van der Waals surface area contributed by atoms with Crippen molar-refractivity contribution < 1.29 is 18.7 Å². The molecular formula is C21H23FN2O3. The van der Waals surface area contributed by atoms with Crippen molar-refractivity contribution >= 4 is 11.8 Å². The lowest BCUT2D eigenvalue weighted by Gasteiger charge is -2.35. The second-order valence-electron chi connectivity index (χ2n) is 6.71. The van der Waals surface area contributed by atoms with Crippen LogP contribution in [0.3, 0.4) is 0 Å². The van der Waals surface area contributed by atoms with Gasteiger partial charge in [0.05, 0.1) is 0 Å². The maximum Gasteiger partial charge on any atom is 0.260 e. The van der Waals surface area contributed by atoms with Gasteiger partial charge in [0.1, 0.15) is 0 Å². The first-order valence-corrected chi connectivity index (χ1v) is 8.97. The van der Waals surface area contributed by atoms with E-state index in [0.29, 0.717) is 31.7 Å². The lowest BCUT2D eigenvalue weighted by molar-refractivity contribution is -0.134. The molecule has 0 aromatic heterocycles. The van der Waals surface area contributed by atoms with Crippen LogP contribution in [-0.4, -0.2) is 54.4 Å². The summed E-state index contributed by atoms with van der Waals surface area (Å²) in [5, 5.41) is 0. The number of halogens is 1. The topological polar surface area (TPSA) is 49.9 Å². The molecule has 0 saturated carbocycles. The number of hydrogen-bond acceptors (Lipinski definition) is 3. The molecule has 0 N–H and O–H groups in total. The number of piperazine rings is 1. The smallest absolute Gasteiger partial charge is 0.260 e. The van der Waals surface area contributed by atoms with Crippen molar-refractivity contribution in [3.8, 4) is 5.75 Å². The normalized spacial score (nSPS) is 14.2. The third-order valence-electron chi connectivity index (χ3n) is 4.72. The number of aryl methyl sites for hydroxylation is 2. The number of carbonyl (C=O) groups excluding carboxylic acids is 2. The molecule has 0 aliphatic carbocycles. The zero-order valence-corrected chi connectivity index (χ0v) is 15.6. The van der Waals surface area contributed by atoms with Crippen LogP contribution in [0.2, 0.25) is 0 Å². The summed E-state index contributed by atoms with van der Waals surface area (Å²) in [6.07, 6.45) is 0. The fourth-order valence-electron chi connectivity index (χ4n) is 3.18. The molecule has 2 aromatic carbocycles. The molecule has 0 bridgehead atoms. The molecule has 0 unspecified atom stereocenters. The zero-order chi connectivity index (χ0) is 19.4. The van der Waals surface area contributed by atoms with Gasteiger partial charge in [-0.3, -0.25) is 9.59 Å². The summed E-state index contributed by atoms with van der Waals surface area (Å²) in [6, 6.07) is 11.8. The van der Waals surface area contributed by atoms with Crippen molar-refractivity contribution in [3.63, 3.8) is 0 Å². The highest BCUT2D eigenvalue weighted by molar-refractivity contribution is 5.96. The van der Waals surface area contributed by atoms with Gasteiger partial charge in [0.25, 0.3) is 11.8 Å². The van der Waals surface area contributed by atoms with Gasteiger partial charge in [-0.05, 0) is 37.6 Å². The Bertz CT molecular complexity index is 845. The Hall–Kier alpha value is -2.89. The fraction of sp³-hybridized carbons (Fsp3) is 0.333. The van der Waals surface area contributed by atoms with Gasteiger partial charge in [-0.15, -0.1) is 0 Å². The number of carbonyl (C=O) groups is 2. The van der Waals surface area contributed by atoms with Gasteiger partial charge < -0.3 is 14.5 Å². The summed E-state index contributed by atoms with van der Waals surface area (Å²) < 4.78 is 18.8. The molecule has 1 heterocycles. The summed E-state index contributed by atoms with van der Waals surface area (Å²) in [4.78, 5) is 28.4. The first-order valence-electron chi connectivity index (χ1n) is 8.97. The number of nitrogens with zero attached hydrogens (tertiary/aromatic N) is 2. The molecule has 1 fully saturated rings. The minimum Gasteiger partial charge on any atom is -0.481 e. The van der Waals surface area contributed by atoms with Gasteiger partial charge in [0.15, 0.2) is 18.2 Å². The SMILES string of the molecule is Cc1ccc(C(=O)N2CCN(C(=O)COc3ccccc3F)CC2)c(C)c1. The summed E-state index contributed by atoms with van der Waals surface area (Å²) in [5.41, 5.74) is 2.77. The molecular weight excluding hydrogens is 347 g/mol. The Labute approximate surface area is 158 Å². The van der Waals surface area contributed by atoms with Crippen molar-refractivity contribution in [3.05, 3.63) is 65.0 Å². The van der Waals surface area contributed by atoms with E-state index in [-0.39, 0.29) is 24.2 Å². The molecule has 142 valence electrons. The molecule has 5 nitrogen and oxygen atoms in total. The van der Waals surface area contributed by atoms with E-state index in [9.17, 15) is 14.0 Å². The van der Waals surface area contributed by atoms with Gasteiger partial charge in [-0.25, -0.2) is 4.39 Å². The van der Waals surface area contributed by atoms with Crippen LogP contribution in [0.5, 0.6) is 5.75 Å². The van der Waals surface area contributed by atoms with Crippen LogP contribution in [0, 0.1) is 19.7 Å². The second kappa shape index (κ2) is 8.20. The molecule has 0 spiro atoms. The van der Waals surface area contributed by atoms with Gasteiger partial charge in [0.2, 0.25) is 0 Å². The van der Waals surface area contributed by atoms with Crippen LogP contribution in [0.15, 0.2) is 42.5 Å².